The van der Waals surface area contributed by atoms with E-state index in [0.717, 1.165) is 17.4 Å². The maximum Gasteiger partial charge on any atom is 0.272 e. The molecule has 0 bridgehead atoms. The number of hydrogen-bond donors (Lipinski definition) is 1. The van der Waals surface area contributed by atoms with Crippen molar-refractivity contribution in [2.24, 2.45) is 0 Å². The Morgan fingerprint density at radius 1 is 1.16 bits per heavy atom. The number of carbonyl (C=O) groups excluding carboxylic acids is 1. The van der Waals surface area contributed by atoms with Crippen molar-refractivity contribution in [2.45, 2.75) is 12.8 Å². The number of aromatic amines is 1. The summed E-state index contributed by atoms with van der Waals surface area (Å²) in [5.41, 5.74) is 1.30. The van der Waals surface area contributed by atoms with Crippen LogP contribution < -0.4 is 5.56 Å². The zero-order valence-corrected chi connectivity index (χ0v) is 13.5. The Morgan fingerprint density at radius 2 is 1.92 bits per heavy atom. The zero-order valence-electron chi connectivity index (χ0n) is 13.5. The highest BCUT2D eigenvalue weighted by molar-refractivity contribution is 5.95. The molecule has 4 rings (SSSR count). The number of hydrogen-bond acceptors (Lipinski definition) is 3. The summed E-state index contributed by atoms with van der Waals surface area (Å²) in [5.74, 6) is -0.787. The summed E-state index contributed by atoms with van der Waals surface area (Å²) in [6.45, 7) is 1.35. The van der Waals surface area contributed by atoms with E-state index in [4.69, 9.17) is 0 Å². The van der Waals surface area contributed by atoms with Crippen LogP contribution in [0.5, 0.6) is 0 Å². The standard InChI is InChI=1S/C19H16FN3O2/c20-16-7-6-12(10-15(16)19(25)23-8-3-9-23)11-17-13-4-1-2-5-14(13)18(24)22-21-17/h1-2,4-7,10H,3,8-9,11H2,(H,22,24). The van der Waals surface area contributed by atoms with Gasteiger partial charge in [0.25, 0.3) is 11.5 Å². The average molecular weight is 337 g/mol. The first kappa shape index (κ1) is 15.5. The third-order valence-corrected chi connectivity index (χ3v) is 4.55. The lowest BCUT2D eigenvalue weighted by Gasteiger charge is -2.31. The van der Waals surface area contributed by atoms with Gasteiger partial charge in [-0.15, -0.1) is 0 Å². The number of H-pyrrole nitrogens is 1. The van der Waals surface area contributed by atoms with Crippen LogP contribution in [0.2, 0.25) is 0 Å². The molecule has 126 valence electrons. The minimum atomic E-state index is -0.514. The molecule has 1 fully saturated rings. The lowest BCUT2D eigenvalue weighted by Crippen LogP contribution is -2.42. The van der Waals surface area contributed by atoms with Gasteiger partial charge >= 0.3 is 0 Å². The summed E-state index contributed by atoms with van der Waals surface area (Å²) in [5, 5.41) is 7.95. The normalized spacial score (nSPS) is 13.7. The van der Waals surface area contributed by atoms with Gasteiger partial charge in [-0.25, -0.2) is 9.49 Å². The van der Waals surface area contributed by atoms with E-state index in [0.29, 0.717) is 30.6 Å². The average Bonchev–Trinajstić information content (AvgIpc) is 2.57. The van der Waals surface area contributed by atoms with E-state index in [1.165, 1.54) is 6.07 Å². The number of nitrogens with one attached hydrogen (secondary N) is 1. The van der Waals surface area contributed by atoms with E-state index in [9.17, 15) is 14.0 Å². The topological polar surface area (TPSA) is 66.1 Å². The van der Waals surface area contributed by atoms with E-state index >= 15 is 0 Å². The lowest BCUT2D eigenvalue weighted by molar-refractivity contribution is 0.0647. The van der Waals surface area contributed by atoms with Gasteiger partial charge in [-0.1, -0.05) is 24.3 Å². The van der Waals surface area contributed by atoms with Crippen LogP contribution in [-0.2, 0) is 6.42 Å². The maximum absolute atomic E-state index is 14.1. The first-order valence-electron chi connectivity index (χ1n) is 8.17. The second-order valence-corrected chi connectivity index (χ2v) is 6.18. The van der Waals surface area contributed by atoms with Crippen molar-refractivity contribution >= 4 is 16.7 Å². The summed E-state index contributed by atoms with van der Waals surface area (Å²) in [6.07, 6.45) is 1.36. The van der Waals surface area contributed by atoms with Gasteiger partial charge in [-0.05, 0) is 30.2 Å². The van der Waals surface area contributed by atoms with Crippen molar-refractivity contribution in [1.29, 1.82) is 0 Å². The number of amides is 1. The van der Waals surface area contributed by atoms with Crippen LogP contribution in [0, 0.1) is 5.82 Å². The fourth-order valence-corrected chi connectivity index (χ4v) is 3.04. The zero-order chi connectivity index (χ0) is 17.4. The fraction of sp³-hybridized carbons (Fsp3) is 0.211. The molecule has 0 saturated carbocycles. The van der Waals surface area contributed by atoms with Gasteiger partial charge < -0.3 is 4.90 Å². The molecule has 3 aromatic rings. The minimum absolute atomic E-state index is 0.0888. The summed E-state index contributed by atoms with van der Waals surface area (Å²) in [4.78, 5) is 25.8. The highest BCUT2D eigenvalue weighted by Crippen LogP contribution is 2.20. The van der Waals surface area contributed by atoms with Crippen molar-refractivity contribution in [3.05, 3.63) is 75.5 Å². The Bertz CT molecular complexity index is 1020. The van der Waals surface area contributed by atoms with Crippen molar-refractivity contribution in [2.75, 3.05) is 13.1 Å². The molecular weight excluding hydrogens is 321 g/mol. The minimum Gasteiger partial charge on any atom is -0.338 e. The van der Waals surface area contributed by atoms with E-state index in [1.807, 2.05) is 12.1 Å². The second kappa shape index (κ2) is 6.12. The van der Waals surface area contributed by atoms with Gasteiger partial charge in [-0.2, -0.15) is 5.10 Å². The molecule has 1 N–H and O–H groups in total. The molecule has 0 spiro atoms. The van der Waals surface area contributed by atoms with Gasteiger partial charge in [0.2, 0.25) is 0 Å². The third kappa shape index (κ3) is 2.80. The van der Waals surface area contributed by atoms with E-state index in [2.05, 4.69) is 10.2 Å². The monoisotopic (exact) mass is 337 g/mol. The molecule has 1 amide bonds. The Morgan fingerprint density at radius 3 is 2.64 bits per heavy atom. The van der Waals surface area contributed by atoms with Gasteiger partial charge in [0.05, 0.1) is 16.6 Å². The number of nitrogens with zero attached hydrogens (tertiary/aromatic N) is 2. The van der Waals surface area contributed by atoms with Crippen LogP contribution in [-0.4, -0.2) is 34.1 Å². The van der Waals surface area contributed by atoms with Crippen LogP contribution in [0.25, 0.3) is 10.8 Å². The Balaban J connectivity index is 1.71. The number of likely N-dealkylation sites (tertiary alicyclic amines) is 1. The Labute approximate surface area is 143 Å². The molecule has 2 aromatic carbocycles. The predicted octanol–water partition coefficient (Wildman–Crippen LogP) is 2.50. The first-order chi connectivity index (χ1) is 12.1. The summed E-state index contributed by atoms with van der Waals surface area (Å²) in [6, 6.07) is 11.8. The van der Waals surface area contributed by atoms with E-state index in [1.54, 1.807) is 29.2 Å². The Hall–Kier alpha value is -3.02. The molecule has 0 aliphatic carbocycles. The third-order valence-electron chi connectivity index (χ3n) is 4.55. The number of fused-ring (bicyclic) bond motifs is 1. The van der Waals surface area contributed by atoms with Crippen LogP contribution in [0.3, 0.4) is 0 Å². The van der Waals surface area contributed by atoms with Crippen LogP contribution in [0.4, 0.5) is 4.39 Å². The van der Waals surface area contributed by atoms with Gasteiger partial charge in [0.15, 0.2) is 0 Å². The molecule has 1 aliphatic rings. The number of benzene rings is 2. The van der Waals surface area contributed by atoms with Crippen molar-refractivity contribution in [3.8, 4) is 0 Å². The number of aromatic nitrogens is 2. The molecule has 25 heavy (non-hydrogen) atoms. The van der Waals surface area contributed by atoms with Crippen molar-refractivity contribution in [3.63, 3.8) is 0 Å². The summed E-state index contributed by atoms with van der Waals surface area (Å²) in [7, 11) is 0. The van der Waals surface area contributed by atoms with Crippen molar-refractivity contribution < 1.29 is 9.18 Å². The maximum atomic E-state index is 14.1. The number of halogens is 1. The highest BCUT2D eigenvalue weighted by Gasteiger charge is 2.24. The van der Waals surface area contributed by atoms with E-state index < -0.39 is 5.82 Å². The van der Waals surface area contributed by atoms with Crippen LogP contribution >= 0.6 is 0 Å². The molecule has 6 heteroatoms. The van der Waals surface area contributed by atoms with E-state index in [-0.39, 0.29) is 17.0 Å². The number of carbonyl (C=O) groups is 1. The molecule has 1 aromatic heterocycles. The molecule has 2 heterocycles. The SMILES string of the molecule is O=C(c1cc(Cc2n[nH]c(=O)c3ccccc23)ccc1F)N1CCC1. The summed E-state index contributed by atoms with van der Waals surface area (Å²) >= 11 is 0. The molecule has 1 aliphatic heterocycles. The Kier molecular flexibility index (Phi) is 3.80. The smallest absolute Gasteiger partial charge is 0.272 e. The lowest BCUT2D eigenvalue weighted by atomic mass is 10.0. The highest BCUT2D eigenvalue weighted by atomic mass is 19.1. The van der Waals surface area contributed by atoms with Crippen LogP contribution in [0.15, 0.2) is 47.3 Å². The molecule has 0 unspecified atom stereocenters. The van der Waals surface area contributed by atoms with Crippen molar-refractivity contribution in [1.82, 2.24) is 15.1 Å². The second-order valence-electron chi connectivity index (χ2n) is 6.18. The molecular formula is C19H16FN3O2. The molecule has 0 atom stereocenters. The van der Waals surface area contributed by atoms with Gasteiger partial charge in [-0.3, -0.25) is 9.59 Å². The van der Waals surface area contributed by atoms with Gasteiger partial charge in [0, 0.05) is 24.9 Å². The van der Waals surface area contributed by atoms with Gasteiger partial charge in [0.1, 0.15) is 5.82 Å². The largest absolute Gasteiger partial charge is 0.338 e. The molecule has 1 saturated heterocycles. The first-order valence-corrected chi connectivity index (χ1v) is 8.17. The molecule has 5 nitrogen and oxygen atoms in total. The fourth-order valence-electron chi connectivity index (χ4n) is 3.04. The molecule has 0 radical (unpaired) electrons. The summed E-state index contributed by atoms with van der Waals surface area (Å²) < 4.78 is 14.1. The number of rotatable bonds is 3. The van der Waals surface area contributed by atoms with Crippen LogP contribution in [0.1, 0.15) is 28.0 Å². The quantitative estimate of drug-likeness (QED) is 0.798. The predicted molar refractivity (Wildman–Crippen MR) is 92.1 cm³/mol.